The van der Waals surface area contributed by atoms with Gasteiger partial charge in [0.1, 0.15) is 0 Å². The van der Waals surface area contributed by atoms with E-state index in [1.807, 2.05) is 0 Å². The minimum Gasteiger partial charge on any atom is -0.0921 e. The minimum atomic E-state index is 0.427. The smallest absolute Gasteiger partial charge is 0.0104 e. The molecule has 0 bridgehead atoms. The molecule has 11 heavy (non-hydrogen) atoms. The minimum absolute atomic E-state index is 0.427. The molecule has 0 unspecified atom stereocenters. The molecule has 0 heterocycles. The lowest BCUT2D eigenvalue weighted by Gasteiger charge is -2.27. The van der Waals surface area contributed by atoms with Crippen LogP contribution in [0.5, 0.6) is 0 Å². The molecule has 0 fully saturated rings. The van der Waals surface area contributed by atoms with Gasteiger partial charge in [0, 0.05) is 16.0 Å². The van der Waals surface area contributed by atoms with Crippen LogP contribution in [0.1, 0.15) is 26.2 Å². The molecule has 0 rings (SSSR count). The highest BCUT2D eigenvalue weighted by Gasteiger charge is 2.25. The van der Waals surface area contributed by atoms with Gasteiger partial charge >= 0.3 is 0 Å². The van der Waals surface area contributed by atoms with Gasteiger partial charge in [-0.15, -0.1) is 0 Å². The van der Waals surface area contributed by atoms with E-state index in [9.17, 15) is 0 Å². The summed E-state index contributed by atoms with van der Waals surface area (Å²) in [6.07, 6.45) is 3.91. The zero-order valence-electron chi connectivity index (χ0n) is 6.88. The topological polar surface area (TPSA) is 0 Å². The summed E-state index contributed by atoms with van der Waals surface area (Å²) in [7, 11) is 0. The summed E-state index contributed by atoms with van der Waals surface area (Å²) in [6, 6.07) is 0. The van der Waals surface area contributed by atoms with Gasteiger partial charge in [0.2, 0.25) is 0 Å². The van der Waals surface area contributed by atoms with Crippen molar-refractivity contribution in [3.63, 3.8) is 0 Å². The third-order valence-corrected chi connectivity index (χ3v) is 5.48. The molecule has 0 spiro atoms. The van der Waals surface area contributed by atoms with Crippen LogP contribution in [0.2, 0.25) is 0 Å². The molecule has 3 heteroatoms. The molecule has 0 saturated carbocycles. The molecule has 0 atom stereocenters. The van der Waals surface area contributed by atoms with Crippen LogP contribution in [0.3, 0.4) is 0 Å². The summed E-state index contributed by atoms with van der Waals surface area (Å²) < 4.78 is 0. The van der Waals surface area contributed by atoms with Crippen molar-refractivity contribution in [2.75, 3.05) is 16.0 Å². The average molecular weight is 351 g/mol. The molecule has 0 saturated heterocycles. The lowest BCUT2D eigenvalue weighted by molar-refractivity contribution is 0.398. The van der Waals surface area contributed by atoms with E-state index >= 15 is 0 Å². The summed E-state index contributed by atoms with van der Waals surface area (Å²) in [6.45, 7) is 2.24. The molecule has 0 N–H and O–H groups in total. The van der Waals surface area contributed by atoms with E-state index < -0.39 is 0 Å². The highest BCUT2D eigenvalue weighted by atomic mass is 79.9. The third-order valence-electron chi connectivity index (χ3n) is 1.91. The van der Waals surface area contributed by atoms with E-state index in [4.69, 9.17) is 0 Å². The Morgan fingerprint density at radius 1 is 1.00 bits per heavy atom. The number of halogens is 3. The molecule has 0 aliphatic carbocycles. The van der Waals surface area contributed by atoms with Crippen molar-refractivity contribution in [1.29, 1.82) is 0 Å². The Bertz CT molecular complexity index is 81.1. The summed E-state index contributed by atoms with van der Waals surface area (Å²) in [5.41, 5.74) is 0.427. The zero-order chi connectivity index (χ0) is 8.74. The fraction of sp³-hybridized carbons (Fsp3) is 1.00. The Kier molecular flexibility index (Phi) is 7.81. The van der Waals surface area contributed by atoms with Crippen LogP contribution in [-0.4, -0.2) is 16.0 Å². The van der Waals surface area contributed by atoms with Gasteiger partial charge in [-0.1, -0.05) is 67.6 Å². The van der Waals surface area contributed by atoms with Crippen LogP contribution in [0.4, 0.5) is 0 Å². The van der Waals surface area contributed by atoms with Crippen LogP contribution in [-0.2, 0) is 0 Å². The molecule has 0 amide bonds. The van der Waals surface area contributed by atoms with Gasteiger partial charge in [-0.3, -0.25) is 0 Å². The van der Waals surface area contributed by atoms with Crippen LogP contribution >= 0.6 is 47.8 Å². The average Bonchev–Trinajstić information content (AvgIpc) is 2.08. The van der Waals surface area contributed by atoms with E-state index in [1.54, 1.807) is 0 Å². The SMILES string of the molecule is CCCCC(CBr)(CBr)CBr. The second-order valence-electron chi connectivity index (χ2n) is 3.00. The first-order valence-corrected chi connectivity index (χ1v) is 7.29. The van der Waals surface area contributed by atoms with E-state index in [0.29, 0.717) is 5.41 Å². The van der Waals surface area contributed by atoms with Crippen molar-refractivity contribution >= 4 is 47.8 Å². The van der Waals surface area contributed by atoms with Crippen molar-refractivity contribution in [2.24, 2.45) is 5.41 Å². The van der Waals surface area contributed by atoms with Crippen LogP contribution in [0, 0.1) is 5.41 Å². The number of unbranched alkanes of at least 4 members (excludes halogenated alkanes) is 1. The lowest BCUT2D eigenvalue weighted by atomic mass is 9.90. The molecule has 0 radical (unpaired) electrons. The molecular formula is C8H15Br3. The standard InChI is InChI=1S/C8H15Br3/c1-2-3-4-8(5-9,6-10)7-11/h2-7H2,1H3. The first kappa shape index (κ1) is 12.4. The lowest BCUT2D eigenvalue weighted by Crippen LogP contribution is -2.26. The van der Waals surface area contributed by atoms with Gasteiger partial charge < -0.3 is 0 Å². The van der Waals surface area contributed by atoms with Crippen LogP contribution in [0.15, 0.2) is 0 Å². The fourth-order valence-corrected chi connectivity index (χ4v) is 4.49. The van der Waals surface area contributed by atoms with Crippen LogP contribution < -0.4 is 0 Å². The summed E-state index contributed by atoms with van der Waals surface area (Å²) in [5, 5.41) is 3.24. The number of alkyl halides is 3. The summed E-state index contributed by atoms with van der Waals surface area (Å²) in [5.74, 6) is 0. The Morgan fingerprint density at radius 3 is 1.73 bits per heavy atom. The highest BCUT2D eigenvalue weighted by molar-refractivity contribution is 9.10. The van der Waals surface area contributed by atoms with Crippen molar-refractivity contribution in [3.8, 4) is 0 Å². The van der Waals surface area contributed by atoms with Crippen LogP contribution in [0.25, 0.3) is 0 Å². The third kappa shape index (κ3) is 4.28. The van der Waals surface area contributed by atoms with Crippen molar-refractivity contribution in [3.05, 3.63) is 0 Å². The molecule has 68 valence electrons. The second kappa shape index (κ2) is 6.90. The molecule has 0 aliphatic heterocycles. The molecule has 0 nitrogen and oxygen atoms in total. The Balaban J connectivity index is 3.84. The maximum absolute atomic E-state index is 3.56. The Hall–Kier alpha value is 1.44. The largest absolute Gasteiger partial charge is 0.0921 e. The van der Waals surface area contributed by atoms with Crippen molar-refractivity contribution in [1.82, 2.24) is 0 Å². The predicted molar refractivity (Wildman–Crippen MR) is 63.3 cm³/mol. The van der Waals surface area contributed by atoms with E-state index in [1.165, 1.54) is 19.3 Å². The van der Waals surface area contributed by atoms with Crippen molar-refractivity contribution in [2.45, 2.75) is 26.2 Å². The maximum atomic E-state index is 3.56. The molecule has 0 aromatic rings. The summed E-state index contributed by atoms with van der Waals surface area (Å²) >= 11 is 10.7. The van der Waals surface area contributed by atoms with Gasteiger partial charge in [0.15, 0.2) is 0 Å². The molecule has 0 aliphatic rings. The normalized spacial score (nSPS) is 12.0. The second-order valence-corrected chi connectivity index (χ2v) is 4.69. The van der Waals surface area contributed by atoms with E-state index in [2.05, 4.69) is 54.7 Å². The highest BCUT2D eigenvalue weighted by Crippen LogP contribution is 2.31. The number of hydrogen-bond acceptors (Lipinski definition) is 0. The number of hydrogen-bond donors (Lipinski definition) is 0. The van der Waals surface area contributed by atoms with Crippen molar-refractivity contribution < 1.29 is 0 Å². The Labute approximate surface area is 94.9 Å². The fourth-order valence-electron chi connectivity index (χ4n) is 0.859. The molecule has 0 aromatic heterocycles. The number of rotatable bonds is 6. The van der Waals surface area contributed by atoms with Gasteiger partial charge in [-0.05, 0) is 11.8 Å². The van der Waals surface area contributed by atoms with E-state index in [-0.39, 0.29) is 0 Å². The summed E-state index contributed by atoms with van der Waals surface area (Å²) in [4.78, 5) is 0. The maximum Gasteiger partial charge on any atom is 0.0104 e. The molecule has 0 aromatic carbocycles. The predicted octanol–water partition coefficient (Wildman–Crippen LogP) is 4.35. The van der Waals surface area contributed by atoms with Gasteiger partial charge in [-0.25, -0.2) is 0 Å². The van der Waals surface area contributed by atoms with Gasteiger partial charge in [0.25, 0.3) is 0 Å². The first-order valence-electron chi connectivity index (χ1n) is 3.92. The zero-order valence-corrected chi connectivity index (χ0v) is 11.6. The van der Waals surface area contributed by atoms with Gasteiger partial charge in [0.05, 0.1) is 0 Å². The quantitative estimate of drug-likeness (QED) is 0.625. The van der Waals surface area contributed by atoms with E-state index in [0.717, 1.165) is 16.0 Å². The first-order chi connectivity index (χ1) is 5.24. The monoisotopic (exact) mass is 348 g/mol. The van der Waals surface area contributed by atoms with Gasteiger partial charge in [-0.2, -0.15) is 0 Å². The Morgan fingerprint density at radius 2 is 1.45 bits per heavy atom. The molecular weight excluding hydrogens is 336 g/mol.